The first-order valence-electron chi connectivity index (χ1n) is 8.11. The van der Waals surface area contributed by atoms with Crippen LogP contribution in [0.25, 0.3) is 21.6 Å². The molecule has 4 aromatic rings. The molecule has 2 aromatic carbocycles. The molecule has 4 nitrogen and oxygen atoms in total. The molecule has 0 amide bonds. The average molecular weight is 382 g/mol. The van der Waals surface area contributed by atoms with Crippen LogP contribution in [0.1, 0.15) is 5.56 Å². The molecule has 0 atom stereocenters. The van der Waals surface area contributed by atoms with E-state index in [9.17, 15) is 0 Å². The topological polar surface area (TPSA) is 47.0 Å². The minimum absolute atomic E-state index is 0.624. The van der Waals surface area contributed by atoms with Crippen molar-refractivity contribution in [2.24, 2.45) is 0 Å². The first kappa shape index (κ1) is 16.8. The van der Waals surface area contributed by atoms with E-state index < -0.39 is 0 Å². The first-order valence-corrected chi connectivity index (χ1v) is 9.37. The smallest absolute Gasteiger partial charge is 0.163 e. The van der Waals surface area contributed by atoms with Gasteiger partial charge in [0.05, 0.1) is 22.3 Å². The van der Waals surface area contributed by atoms with E-state index in [1.54, 1.807) is 18.4 Å². The second kappa shape index (κ2) is 7.32. The summed E-state index contributed by atoms with van der Waals surface area (Å²) in [7, 11) is 1.66. The lowest BCUT2D eigenvalue weighted by molar-refractivity contribution is 0.414. The molecule has 2 heterocycles. The largest absolute Gasteiger partial charge is 0.497 e. The second-order valence-corrected chi connectivity index (χ2v) is 7.04. The van der Waals surface area contributed by atoms with Gasteiger partial charge >= 0.3 is 0 Å². The molecule has 2 aromatic heterocycles. The Bertz CT molecular complexity index is 1050. The van der Waals surface area contributed by atoms with E-state index in [-0.39, 0.29) is 0 Å². The fraction of sp³-hybridized carbons (Fsp3) is 0.100. The lowest BCUT2D eigenvalue weighted by atomic mass is 10.2. The van der Waals surface area contributed by atoms with Gasteiger partial charge in [0.1, 0.15) is 11.6 Å². The number of ether oxygens (including phenoxy) is 1. The fourth-order valence-electron chi connectivity index (χ4n) is 2.68. The molecule has 130 valence electrons. The quantitative estimate of drug-likeness (QED) is 0.486. The maximum atomic E-state index is 6.33. The van der Waals surface area contributed by atoms with Gasteiger partial charge in [-0.3, -0.25) is 0 Å². The Labute approximate surface area is 160 Å². The van der Waals surface area contributed by atoms with Gasteiger partial charge in [0.15, 0.2) is 5.82 Å². The Hall–Kier alpha value is -2.63. The van der Waals surface area contributed by atoms with Crippen molar-refractivity contribution in [3.63, 3.8) is 0 Å². The minimum atomic E-state index is 0.624. The van der Waals surface area contributed by atoms with Gasteiger partial charge in [0.2, 0.25) is 0 Å². The first-order chi connectivity index (χ1) is 12.7. The zero-order valence-electron chi connectivity index (χ0n) is 14.1. The number of thiophene rings is 1. The summed E-state index contributed by atoms with van der Waals surface area (Å²) >= 11 is 7.95. The molecule has 0 aliphatic carbocycles. The lowest BCUT2D eigenvalue weighted by Crippen LogP contribution is -2.03. The molecule has 1 N–H and O–H groups in total. The van der Waals surface area contributed by atoms with Crippen LogP contribution in [0.4, 0.5) is 5.82 Å². The third-order valence-electron chi connectivity index (χ3n) is 4.04. The van der Waals surface area contributed by atoms with Crippen molar-refractivity contribution in [1.29, 1.82) is 0 Å². The highest BCUT2D eigenvalue weighted by Gasteiger charge is 2.12. The molecule has 0 unspecified atom stereocenters. The predicted octanol–water partition coefficient (Wildman–Crippen LogP) is 5.63. The van der Waals surface area contributed by atoms with Gasteiger partial charge in [-0.1, -0.05) is 35.9 Å². The molecule has 0 bridgehead atoms. The Balaban J connectivity index is 1.67. The number of nitrogens with zero attached hydrogens (tertiary/aromatic N) is 2. The van der Waals surface area contributed by atoms with Crippen molar-refractivity contribution < 1.29 is 4.74 Å². The highest BCUT2D eigenvalue weighted by atomic mass is 35.5. The summed E-state index contributed by atoms with van der Waals surface area (Å²) in [4.78, 5) is 9.40. The van der Waals surface area contributed by atoms with Gasteiger partial charge in [-0.2, -0.15) is 0 Å². The highest BCUT2D eigenvalue weighted by molar-refractivity contribution is 7.17. The number of anilines is 1. The van der Waals surface area contributed by atoms with Gasteiger partial charge in [0, 0.05) is 12.1 Å². The Morgan fingerprint density at radius 1 is 1.04 bits per heavy atom. The minimum Gasteiger partial charge on any atom is -0.497 e. The monoisotopic (exact) mass is 381 g/mol. The maximum absolute atomic E-state index is 6.33. The molecule has 0 fully saturated rings. The standard InChI is InChI=1S/C20H16ClN3OS/c1-25-14-8-6-13(7-9-14)12-22-20-18-17(10-11-26-18)23-19(24-20)15-4-2-3-5-16(15)21/h2-11H,12H2,1H3,(H,22,23,24). The van der Waals surface area contributed by atoms with Gasteiger partial charge in [-0.15, -0.1) is 11.3 Å². The molecule has 26 heavy (non-hydrogen) atoms. The fourth-order valence-corrected chi connectivity index (χ4v) is 3.69. The number of benzene rings is 2. The Morgan fingerprint density at radius 3 is 2.62 bits per heavy atom. The summed E-state index contributed by atoms with van der Waals surface area (Å²) in [5.41, 5.74) is 2.89. The van der Waals surface area contributed by atoms with Crippen LogP contribution in [0.5, 0.6) is 5.75 Å². The number of aromatic nitrogens is 2. The van der Waals surface area contributed by atoms with E-state index in [1.165, 1.54) is 0 Å². The molecular formula is C20H16ClN3OS. The van der Waals surface area contributed by atoms with Crippen LogP contribution in [0.15, 0.2) is 60.0 Å². The van der Waals surface area contributed by atoms with E-state index in [4.69, 9.17) is 21.3 Å². The number of rotatable bonds is 5. The number of hydrogen-bond acceptors (Lipinski definition) is 5. The van der Waals surface area contributed by atoms with Crippen LogP contribution in [-0.2, 0) is 6.54 Å². The van der Waals surface area contributed by atoms with Gasteiger partial charge in [0.25, 0.3) is 0 Å². The SMILES string of the molecule is COc1ccc(CNc2nc(-c3ccccc3Cl)nc3ccsc23)cc1. The maximum Gasteiger partial charge on any atom is 0.163 e. The van der Waals surface area contributed by atoms with Crippen LogP contribution in [0.3, 0.4) is 0 Å². The van der Waals surface area contributed by atoms with Gasteiger partial charge in [-0.25, -0.2) is 9.97 Å². The summed E-state index contributed by atoms with van der Waals surface area (Å²) in [5.74, 6) is 2.28. The van der Waals surface area contributed by atoms with E-state index >= 15 is 0 Å². The Morgan fingerprint density at radius 2 is 1.85 bits per heavy atom. The molecule has 0 spiro atoms. The highest BCUT2D eigenvalue weighted by Crippen LogP contribution is 2.32. The van der Waals surface area contributed by atoms with E-state index in [0.29, 0.717) is 17.4 Å². The van der Waals surface area contributed by atoms with Crippen molar-refractivity contribution >= 4 is 39.0 Å². The van der Waals surface area contributed by atoms with Crippen LogP contribution in [-0.4, -0.2) is 17.1 Å². The molecule has 0 aliphatic heterocycles. The van der Waals surface area contributed by atoms with E-state index in [1.807, 2.05) is 60.0 Å². The van der Waals surface area contributed by atoms with Gasteiger partial charge < -0.3 is 10.1 Å². The van der Waals surface area contributed by atoms with Crippen molar-refractivity contribution in [2.45, 2.75) is 6.54 Å². The van der Waals surface area contributed by atoms with Crippen molar-refractivity contribution in [2.75, 3.05) is 12.4 Å². The second-order valence-electron chi connectivity index (χ2n) is 5.71. The normalized spacial score (nSPS) is 10.8. The lowest BCUT2D eigenvalue weighted by Gasteiger charge is -2.10. The summed E-state index contributed by atoms with van der Waals surface area (Å²) in [6.07, 6.45) is 0. The third-order valence-corrected chi connectivity index (χ3v) is 5.28. The van der Waals surface area contributed by atoms with Crippen molar-refractivity contribution in [1.82, 2.24) is 9.97 Å². The number of halogens is 1. The third kappa shape index (κ3) is 3.36. The summed E-state index contributed by atoms with van der Waals surface area (Å²) in [5, 5.41) is 6.10. The van der Waals surface area contributed by atoms with Crippen LogP contribution in [0.2, 0.25) is 5.02 Å². The predicted molar refractivity (Wildman–Crippen MR) is 108 cm³/mol. The van der Waals surface area contributed by atoms with E-state index in [0.717, 1.165) is 32.9 Å². The molecule has 0 radical (unpaired) electrons. The summed E-state index contributed by atoms with van der Waals surface area (Å²) < 4.78 is 6.24. The van der Waals surface area contributed by atoms with Crippen LogP contribution >= 0.6 is 22.9 Å². The van der Waals surface area contributed by atoms with Gasteiger partial charge in [-0.05, 0) is 41.3 Å². The molecule has 0 saturated heterocycles. The zero-order valence-corrected chi connectivity index (χ0v) is 15.6. The number of fused-ring (bicyclic) bond motifs is 1. The van der Waals surface area contributed by atoms with Crippen molar-refractivity contribution in [3.05, 3.63) is 70.6 Å². The number of hydrogen-bond donors (Lipinski definition) is 1. The molecule has 0 aliphatic rings. The average Bonchev–Trinajstić information content (AvgIpc) is 3.15. The summed E-state index contributed by atoms with van der Waals surface area (Å²) in [6, 6.07) is 17.6. The summed E-state index contributed by atoms with van der Waals surface area (Å²) in [6.45, 7) is 0.663. The molecule has 4 rings (SSSR count). The number of methoxy groups -OCH3 is 1. The molecular weight excluding hydrogens is 366 g/mol. The Kier molecular flexibility index (Phi) is 4.73. The van der Waals surface area contributed by atoms with Crippen molar-refractivity contribution in [3.8, 4) is 17.1 Å². The van der Waals surface area contributed by atoms with E-state index in [2.05, 4.69) is 10.3 Å². The van der Waals surface area contributed by atoms with Crippen LogP contribution < -0.4 is 10.1 Å². The zero-order chi connectivity index (χ0) is 17.9. The van der Waals surface area contributed by atoms with Crippen LogP contribution in [0, 0.1) is 0 Å². The molecule has 6 heteroatoms. The number of nitrogens with one attached hydrogen (secondary N) is 1. The molecule has 0 saturated carbocycles.